The molecule has 0 aromatic heterocycles. The molecule has 0 aromatic rings. The van der Waals surface area contributed by atoms with Crippen LogP contribution >= 0.6 is 33.9 Å². The summed E-state index contributed by atoms with van der Waals surface area (Å²) in [5.74, 6) is 0. The van der Waals surface area contributed by atoms with E-state index in [4.69, 9.17) is 9.42 Å². The molecule has 2 atom stereocenters. The molecule has 2 unspecified atom stereocenters. The SMILES string of the molecule is CCCCC(Br)OP(O)(=S)S.N. The van der Waals surface area contributed by atoms with Gasteiger partial charge in [0, 0.05) is 0 Å². The highest BCUT2D eigenvalue weighted by Gasteiger charge is 2.12. The van der Waals surface area contributed by atoms with Crippen molar-refractivity contribution in [3.05, 3.63) is 0 Å². The third-order valence-electron chi connectivity index (χ3n) is 1.04. The highest BCUT2D eigenvalue weighted by molar-refractivity contribution is 9.09. The van der Waals surface area contributed by atoms with Gasteiger partial charge < -0.3 is 15.6 Å². The van der Waals surface area contributed by atoms with Crippen LogP contribution in [0, 0.1) is 0 Å². The number of hydrogen-bond donors (Lipinski definition) is 3. The summed E-state index contributed by atoms with van der Waals surface area (Å²) >= 11 is 11.6. The minimum Gasteiger partial charge on any atom is -0.344 e. The fourth-order valence-electron chi connectivity index (χ4n) is 0.566. The summed E-state index contributed by atoms with van der Waals surface area (Å²) in [4.78, 5) is 9.03. The van der Waals surface area contributed by atoms with E-state index in [-0.39, 0.29) is 11.2 Å². The molecule has 0 aliphatic carbocycles. The summed E-state index contributed by atoms with van der Waals surface area (Å²) in [5, 5.41) is -0.157. The third-order valence-corrected chi connectivity index (χ3v) is 3.04. The van der Waals surface area contributed by atoms with E-state index in [2.05, 4.69) is 46.9 Å². The average molecular weight is 296 g/mol. The van der Waals surface area contributed by atoms with Crippen molar-refractivity contribution < 1.29 is 9.42 Å². The van der Waals surface area contributed by atoms with Crippen molar-refractivity contribution in [3.63, 3.8) is 0 Å². The van der Waals surface area contributed by atoms with Gasteiger partial charge in [0.25, 0.3) is 0 Å². The van der Waals surface area contributed by atoms with Gasteiger partial charge in [0.15, 0.2) is 0 Å². The van der Waals surface area contributed by atoms with Gasteiger partial charge in [0.05, 0.1) is 0 Å². The van der Waals surface area contributed by atoms with Crippen LogP contribution < -0.4 is 6.15 Å². The third kappa shape index (κ3) is 11.4. The van der Waals surface area contributed by atoms with E-state index >= 15 is 0 Å². The molecule has 3 nitrogen and oxygen atoms in total. The van der Waals surface area contributed by atoms with Gasteiger partial charge in [-0.05, 0) is 18.2 Å². The molecule has 0 fully saturated rings. The first-order valence-corrected chi connectivity index (χ1v) is 8.08. The van der Waals surface area contributed by atoms with E-state index in [1.54, 1.807) is 0 Å². The van der Waals surface area contributed by atoms with Gasteiger partial charge in [-0.25, -0.2) is 0 Å². The Morgan fingerprint density at radius 2 is 2.25 bits per heavy atom. The first kappa shape index (κ1) is 15.8. The molecular weight excluding hydrogens is 281 g/mol. The standard InChI is InChI=1S/C5H12BrO2PS2.H3N/c1-2-3-4-5(6)8-9(7,10)11;/h5H,2-4H2,1H3,(H2,7,10,11);1H3. The first-order chi connectivity index (χ1) is 4.95. The normalized spacial score (nSPS) is 17.7. The summed E-state index contributed by atoms with van der Waals surface area (Å²) < 4.78 is 5.00. The van der Waals surface area contributed by atoms with Crippen molar-refractivity contribution >= 4 is 45.7 Å². The molecule has 76 valence electrons. The maximum atomic E-state index is 9.03. The van der Waals surface area contributed by atoms with Gasteiger partial charge in [-0.3, -0.25) is 0 Å². The van der Waals surface area contributed by atoms with E-state index in [9.17, 15) is 0 Å². The molecule has 0 radical (unpaired) electrons. The maximum absolute atomic E-state index is 9.03. The van der Waals surface area contributed by atoms with Crippen LogP contribution in [0.2, 0.25) is 0 Å². The van der Waals surface area contributed by atoms with Gasteiger partial charge in [-0.15, -0.1) is 0 Å². The molecule has 0 saturated carbocycles. The molecule has 7 heteroatoms. The van der Waals surface area contributed by atoms with Crippen LogP contribution in [-0.4, -0.2) is 9.91 Å². The van der Waals surface area contributed by atoms with Crippen molar-refractivity contribution in [2.75, 3.05) is 0 Å². The molecule has 0 aliphatic heterocycles. The number of rotatable bonds is 5. The maximum Gasteiger partial charge on any atom is 0.242 e. The first-order valence-electron chi connectivity index (χ1n) is 3.33. The number of thiol groups is 1. The quantitative estimate of drug-likeness (QED) is 0.414. The van der Waals surface area contributed by atoms with Crippen molar-refractivity contribution in [3.8, 4) is 0 Å². The minimum atomic E-state index is -2.78. The van der Waals surface area contributed by atoms with Crippen LogP contribution in [0.1, 0.15) is 26.2 Å². The zero-order chi connectivity index (χ0) is 8.91. The molecule has 0 amide bonds. The monoisotopic (exact) mass is 295 g/mol. The second-order valence-corrected chi connectivity index (χ2v) is 8.28. The highest BCUT2D eigenvalue weighted by atomic mass is 79.9. The van der Waals surface area contributed by atoms with Crippen molar-refractivity contribution in [2.45, 2.75) is 31.2 Å². The van der Waals surface area contributed by atoms with E-state index in [0.717, 1.165) is 19.3 Å². The van der Waals surface area contributed by atoms with E-state index in [1.807, 2.05) is 0 Å². The summed E-state index contributed by atoms with van der Waals surface area (Å²) in [5.41, 5.74) is -2.78. The number of unbranched alkanes of at least 4 members (excludes halogenated alkanes) is 1. The fourth-order valence-corrected chi connectivity index (χ4v) is 3.39. The highest BCUT2D eigenvalue weighted by Crippen LogP contribution is 2.49. The average Bonchev–Trinajstić information content (AvgIpc) is 1.79. The zero-order valence-corrected chi connectivity index (χ0v) is 11.1. The van der Waals surface area contributed by atoms with Crippen LogP contribution in [0.3, 0.4) is 0 Å². The number of hydrogen-bond acceptors (Lipinski definition) is 3. The second kappa shape index (κ2) is 7.74. The molecular formula is C5H15BrNO2PS2. The predicted octanol–water partition coefficient (Wildman–Crippen LogP) is 3.22. The molecule has 0 rings (SSSR count). The summed E-state index contributed by atoms with van der Waals surface area (Å²) in [6.07, 6.45) is 3.02. The second-order valence-electron chi connectivity index (χ2n) is 2.15. The molecule has 0 heterocycles. The lowest BCUT2D eigenvalue weighted by atomic mass is 10.3. The van der Waals surface area contributed by atoms with Gasteiger partial charge in [0.1, 0.15) is 5.01 Å². The predicted molar refractivity (Wildman–Crippen MR) is 63.8 cm³/mol. The Kier molecular flexibility index (Phi) is 10.2. The summed E-state index contributed by atoms with van der Waals surface area (Å²) in [6, 6.07) is 0. The van der Waals surface area contributed by atoms with E-state index in [0.29, 0.717) is 0 Å². The molecule has 0 bridgehead atoms. The lowest BCUT2D eigenvalue weighted by molar-refractivity contribution is 0.284. The van der Waals surface area contributed by atoms with Crippen LogP contribution in [0.4, 0.5) is 0 Å². The molecule has 0 aliphatic rings. The Labute approximate surface area is 92.3 Å². The molecule has 0 spiro atoms. The summed E-state index contributed by atoms with van der Waals surface area (Å²) in [6.45, 7) is 2.09. The molecule has 4 N–H and O–H groups in total. The molecule has 12 heavy (non-hydrogen) atoms. The van der Waals surface area contributed by atoms with Gasteiger partial charge in [0.2, 0.25) is 5.69 Å². The van der Waals surface area contributed by atoms with Gasteiger partial charge >= 0.3 is 0 Å². The Hall–Kier alpha value is 1.36. The lowest BCUT2D eigenvalue weighted by Crippen LogP contribution is -1.99. The van der Waals surface area contributed by atoms with Crippen LogP contribution in [0.15, 0.2) is 0 Å². The fraction of sp³-hybridized carbons (Fsp3) is 1.00. The molecule has 0 aromatic carbocycles. The number of halogens is 1. The van der Waals surface area contributed by atoms with E-state index < -0.39 is 5.69 Å². The van der Waals surface area contributed by atoms with Crippen LogP contribution in [0.5, 0.6) is 0 Å². The Balaban J connectivity index is 0. The Bertz CT molecular complexity index is 154. The summed E-state index contributed by atoms with van der Waals surface area (Å²) in [7, 11) is 0. The van der Waals surface area contributed by atoms with Crippen LogP contribution in [-0.2, 0) is 16.3 Å². The minimum absolute atomic E-state index is 0. The smallest absolute Gasteiger partial charge is 0.242 e. The van der Waals surface area contributed by atoms with Crippen molar-refractivity contribution in [1.29, 1.82) is 0 Å². The lowest BCUT2D eigenvalue weighted by Gasteiger charge is -2.14. The van der Waals surface area contributed by atoms with Gasteiger partial charge in [-0.2, -0.15) is 0 Å². The Morgan fingerprint density at radius 1 is 1.75 bits per heavy atom. The van der Waals surface area contributed by atoms with Crippen LogP contribution in [0.25, 0.3) is 0 Å². The number of alkyl halides is 1. The zero-order valence-electron chi connectivity index (χ0n) is 6.94. The van der Waals surface area contributed by atoms with Gasteiger partial charge in [-0.1, -0.05) is 47.9 Å². The van der Waals surface area contributed by atoms with E-state index in [1.165, 1.54) is 0 Å². The van der Waals surface area contributed by atoms with Crippen molar-refractivity contribution in [2.24, 2.45) is 0 Å². The topological polar surface area (TPSA) is 64.5 Å². The largest absolute Gasteiger partial charge is 0.344 e. The Morgan fingerprint density at radius 3 is 2.58 bits per heavy atom. The molecule has 0 saturated heterocycles. The van der Waals surface area contributed by atoms with Crippen molar-refractivity contribution in [1.82, 2.24) is 6.15 Å².